The van der Waals surface area contributed by atoms with Crippen molar-refractivity contribution in [3.8, 4) is 11.5 Å². The van der Waals surface area contributed by atoms with E-state index in [1.165, 1.54) is 36.4 Å². The molecule has 14 N–H and O–H groups in total. The van der Waals surface area contributed by atoms with Crippen LogP contribution in [0.15, 0.2) is 109 Å². The first-order chi connectivity index (χ1) is 33.4. The predicted octanol–water partition coefficient (Wildman–Crippen LogP) is 0.126. The second-order valence-corrected chi connectivity index (χ2v) is 16.1. The molecular weight excluding hydrogens is 911 g/mol. The van der Waals surface area contributed by atoms with E-state index >= 15 is 0 Å². The van der Waals surface area contributed by atoms with E-state index in [0.717, 1.165) is 5.56 Å². The van der Waals surface area contributed by atoms with E-state index in [1.807, 2.05) is 0 Å². The van der Waals surface area contributed by atoms with Crippen molar-refractivity contribution in [1.29, 1.82) is 0 Å². The standard InChI is InChI=1S/C48H53N9O13/c49-34(20-28-10-14-31(58)15-11-28)44(65)53-30-12-16-32(17-13-30)70-26-41(60)54-36(18-19-40(50)59)46(67)56-38(22-29-24-51-35-9-5-4-8-33(29)35)47(68)57-39(23-42(61)62)48(69)55-37(45(66)52-25-43(63)64)21-27-6-2-1-3-7-27/h1-17,24,34,36-39,51,58H,18-23,25-26,49H2,(H2,50,59)(H,52,66)(H,53,65)(H,54,60)(H,55,69)(H,56,67)(H,57,68)(H,61,62)(H,63,64)/t34-,36-,37-,38-,39-/m0/s1. The molecule has 0 aliphatic rings. The number of carbonyl (C=O) groups is 9. The molecule has 7 amide bonds. The van der Waals surface area contributed by atoms with Crippen molar-refractivity contribution in [3.63, 3.8) is 0 Å². The van der Waals surface area contributed by atoms with Crippen LogP contribution < -0.4 is 48.1 Å². The van der Waals surface area contributed by atoms with Crippen LogP contribution in [0, 0.1) is 0 Å². The number of fused-ring (bicyclic) bond motifs is 1. The Morgan fingerprint density at radius 3 is 1.87 bits per heavy atom. The second-order valence-electron chi connectivity index (χ2n) is 16.1. The SMILES string of the molecule is NC(=O)CC[C@H](NC(=O)COc1ccc(NC(=O)[C@@H](N)Cc2ccc(O)cc2)cc1)C(=O)N[C@@H](Cc1c[nH]c2ccccc12)C(=O)N[C@@H](CC(=O)O)C(=O)N[C@@H](Cc1ccccc1)C(=O)NCC(=O)O. The molecule has 0 bridgehead atoms. The number of aliphatic carboxylic acids is 2. The monoisotopic (exact) mass is 963 g/mol. The Balaban J connectivity index is 1.29. The average Bonchev–Trinajstić information content (AvgIpc) is 3.74. The van der Waals surface area contributed by atoms with Gasteiger partial charge in [-0.2, -0.15) is 0 Å². The molecule has 4 aromatic carbocycles. The molecule has 0 fully saturated rings. The number of carbonyl (C=O) groups excluding carboxylic acids is 7. The fourth-order valence-electron chi connectivity index (χ4n) is 7.06. The third kappa shape index (κ3) is 16.5. The number of nitrogens with one attached hydrogen (secondary N) is 7. The van der Waals surface area contributed by atoms with Crippen molar-refractivity contribution in [3.05, 3.63) is 126 Å². The van der Waals surface area contributed by atoms with Gasteiger partial charge in [0.25, 0.3) is 5.91 Å². The number of carboxylic acids is 2. The zero-order chi connectivity index (χ0) is 50.7. The van der Waals surface area contributed by atoms with Gasteiger partial charge in [-0.3, -0.25) is 43.2 Å². The first-order valence-corrected chi connectivity index (χ1v) is 21.8. The molecule has 70 heavy (non-hydrogen) atoms. The van der Waals surface area contributed by atoms with Gasteiger partial charge in [0.15, 0.2) is 6.61 Å². The molecule has 1 heterocycles. The first-order valence-electron chi connectivity index (χ1n) is 21.8. The van der Waals surface area contributed by atoms with E-state index < -0.39 is 103 Å². The number of anilines is 1. The molecule has 1 aromatic heterocycles. The zero-order valence-electron chi connectivity index (χ0n) is 37.5. The maximum absolute atomic E-state index is 14.2. The molecule has 0 radical (unpaired) electrons. The minimum atomic E-state index is -1.83. The summed E-state index contributed by atoms with van der Waals surface area (Å²) in [6.07, 6.45) is -0.266. The fraction of sp³-hybridized carbons (Fsp3) is 0.271. The number of para-hydroxylation sites is 1. The predicted molar refractivity (Wildman–Crippen MR) is 252 cm³/mol. The third-order valence-electron chi connectivity index (χ3n) is 10.6. The summed E-state index contributed by atoms with van der Waals surface area (Å²) in [5.74, 6) is -8.74. The number of aromatic hydroxyl groups is 1. The van der Waals surface area contributed by atoms with Gasteiger partial charge in [-0.1, -0.05) is 60.7 Å². The summed E-state index contributed by atoms with van der Waals surface area (Å²) in [7, 11) is 0. The molecule has 0 unspecified atom stereocenters. The topological polar surface area (TPSA) is 364 Å². The highest BCUT2D eigenvalue weighted by Gasteiger charge is 2.33. The number of primary amides is 1. The molecule has 0 spiro atoms. The van der Waals surface area contributed by atoms with Gasteiger partial charge < -0.3 is 68.4 Å². The number of H-pyrrole nitrogens is 1. The number of nitrogens with two attached hydrogens (primary N) is 2. The van der Waals surface area contributed by atoms with Gasteiger partial charge >= 0.3 is 11.9 Å². The highest BCUT2D eigenvalue weighted by atomic mass is 16.5. The molecule has 5 aromatic rings. The number of phenols is 1. The number of aromatic amines is 1. The number of benzene rings is 4. The van der Waals surface area contributed by atoms with Crippen molar-refractivity contribution in [2.24, 2.45) is 11.5 Å². The number of hydrogen-bond acceptors (Lipinski definition) is 12. The van der Waals surface area contributed by atoms with Crippen LogP contribution in [0.1, 0.15) is 36.0 Å². The fourth-order valence-corrected chi connectivity index (χ4v) is 7.06. The Morgan fingerprint density at radius 1 is 0.614 bits per heavy atom. The van der Waals surface area contributed by atoms with Crippen LogP contribution in [0.3, 0.4) is 0 Å². The van der Waals surface area contributed by atoms with Crippen LogP contribution in [0.5, 0.6) is 11.5 Å². The Bertz CT molecular complexity index is 2660. The summed E-state index contributed by atoms with van der Waals surface area (Å²) in [5.41, 5.74) is 14.3. The molecule has 368 valence electrons. The lowest BCUT2D eigenvalue weighted by molar-refractivity contribution is -0.142. The lowest BCUT2D eigenvalue weighted by Gasteiger charge is -2.26. The number of amides is 7. The lowest BCUT2D eigenvalue weighted by Crippen LogP contribution is -2.59. The summed E-state index contributed by atoms with van der Waals surface area (Å²) in [6.45, 7) is -1.41. The van der Waals surface area contributed by atoms with E-state index in [-0.39, 0.29) is 43.6 Å². The van der Waals surface area contributed by atoms with Crippen molar-refractivity contribution in [1.82, 2.24) is 31.6 Å². The van der Waals surface area contributed by atoms with Crippen molar-refractivity contribution >= 4 is 69.9 Å². The molecule has 5 atom stereocenters. The minimum absolute atomic E-state index is 0.0781. The van der Waals surface area contributed by atoms with Crippen LogP contribution in [0.2, 0.25) is 0 Å². The Hall–Kier alpha value is -8.79. The van der Waals surface area contributed by atoms with Crippen molar-refractivity contribution < 1.29 is 63.2 Å². The molecule has 22 heteroatoms. The molecule has 0 saturated heterocycles. The number of rotatable bonds is 26. The number of hydrogen-bond donors (Lipinski definition) is 12. The maximum Gasteiger partial charge on any atom is 0.322 e. The van der Waals surface area contributed by atoms with Gasteiger partial charge in [0, 0.05) is 42.0 Å². The van der Waals surface area contributed by atoms with Gasteiger partial charge in [-0.05, 0) is 72.0 Å². The van der Waals surface area contributed by atoms with E-state index in [1.54, 1.807) is 72.9 Å². The third-order valence-corrected chi connectivity index (χ3v) is 10.6. The molecule has 0 aliphatic carbocycles. The number of ether oxygens (including phenoxy) is 1. The number of carboxylic acid groups (broad SMARTS) is 2. The Kier molecular flexibility index (Phi) is 18.9. The zero-order valence-corrected chi connectivity index (χ0v) is 37.5. The summed E-state index contributed by atoms with van der Waals surface area (Å²) in [6, 6.07) is 20.4. The molecule has 5 rings (SSSR count). The van der Waals surface area contributed by atoms with Crippen molar-refractivity contribution in [2.75, 3.05) is 18.5 Å². The Morgan fingerprint density at radius 2 is 1.21 bits per heavy atom. The normalized spacial score (nSPS) is 13.0. The van der Waals surface area contributed by atoms with E-state index in [4.69, 9.17) is 21.3 Å². The van der Waals surface area contributed by atoms with Crippen LogP contribution in [0.25, 0.3) is 10.9 Å². The summed E-state index contributed by atoms with van der Waals surface area (Å²) in [5, 5.41) is 43.8. The van der Waals surface area contributed by atoms with E-state index in [9.17, 15) is 53.4 Å². The molecule has 0 saturated carbocycles. The Labute approximate surface area is 399 Å². The van der Waals surface area contributed by atoms with Gasteiger partial charge in [0.05, 0.1) is 12.5 Å². The first kappa shape index (κ1) is 52.2. The largest absolute Gasteiger partial charge is 0.508 e. The minimum Gasteiger partial charge on any atom is -0.508 e. The molecule has 0 aliphatic heterocycles. The van der Waals surface area contributed by atoms with Gasteiger partial charge in [-0.25, -0.2) is 0 Å². The van der Waals surface area contributed by atoms with Gasteiger partial charge in [0.1, 0.15) is 42.2 Å². The molecular formula is C48H53N9O13. The van der Waals surface area contributed by atoms with Gasteiger partial charge in [-0.15, -0.1) is 0 Å². The number of phenolic OH excluding ortho intramolecular Hbond substituents is 1. The van der Waals surface area contributed by atoms with Gasteiger partial charge in [0.2, 0.25) is 35.4 Å². The smallest absolute Gasteiger partial charge is 0.322 e. The second kappa shape index (κ2) is 25.4. The summed E-state index contributed by atoms with van der Waals surface area (Å²) >= 11 is 0. The number of aromatic nitrogens is 1. The lowest BCUT2D eigenvalue weighted by atomic mass is 10.0. The quantitative estimate of drug-likeness (QED) is 0.0351. The van der Waals surface area contributed by atoms with E-state index in [2.05, 4.69) is 36.9 Å². The summed E-state index contributed by atoms with van der Waals surface area (Å²) < 4.78 is 5.60. The highest BCUT2D eigenvalue weighted by Crippen LogP contribution is 2.20. The summed E-state index contributed by atoms with van der Waals surface area (Å²) in [4.78, 5) is 119. The van der Waals surface area contributed by atoms with Crippen LogP contribution in [-0.4, -0.2) is 117 Å². The van der Waals surface area contributed by atoms with Crippen LogP contribution >= 0.6 is 0 Å². The van der Waals surface area contributed by atoms with Crippen LogP contribution in [-0.2, 0) is 62.4 Å². The van der Waals surface area contributed by atoms with Crippen molar-refractivity contribution in [2.45, 2.75) is 68.7 Å². The average molecular weight is 964 g/mol. The van der Waals surface area contributed by atoms with E-state index in [0.29, 0.717) is 27.7 Å². The van der Waals surface area contributed by atoms with Crippen LogP contribution in [0.4, 0.5) is 5.69 Å². The maximum atomic E-state index is 14.2. The molecule has 22 nitrogen and oxygen atoms in total. The highest BCUT2D eigenvalue weighted by molar-refractivity contribution is 5.98.